The van der Waals surface area contributed by atoms with Crippen LogP contribution in [0.1, 0.15) is 30.7 Å². The van der Waals surface area contributed by atoms with Crippen LogP contribution in [-0.2, 0) is 11.3 Å². The lowest BCUT2D eigenvalue weighted by Gasteiger charge is -2.10. The van der Waals surface area contributed by atoms with Crippen molar-refractivity contribution in [1.82, 2.24) is 9.55 Å². The van der Waals surface area contributed by atoms with Gasteiger partial charge in [-0.15, -0.1) is 17.9 Å². The molecule has 7 heteroatoms. The second-order valence-electron chi connectivity index (χ2n) is 5.31. The molecule has 1 fully saturated rings. The van der Waals surface area contributed by atoms with Crippen LogP contribution in [0.2, 0.25) is 0 Å². The minimum Gasteiger partial charge on any atom is -0.370 e. The van der Waals surface area contributed by atoms with Crippen LogP contribution in [0.4, 0.5) is 0 Å². The highest BCUT2D eigenvalue weighted by Crippen LogP contribution is 2.44. The first-order valence-corrected chi connectivity index (χ1v) is 9.02. The van der Waals surface area contributed by atoms with Gasteiger partial charge in [0, 0.05) is 18.7 Å². The Balaban J connectivity index is 2.03. The molecule has 1 aliphatic rings. The number of hydrogen-bond acceptors (Lipinski definition) is 5. The van der Waals surface area contributed by atoms with Crippen molar-refractivity contribution in [3.63, 3.8) is 0 Å². The molecule has 0 spiro atoms. The Morgan fingerprint density at radius 2 is 2.36 bits per heavy atom. The molecule has 2 heterocycles. The number of thioether (sulfide) groups is 1. The number of carbonyl (C=O) groups is 1. The fourth-order valence-corrected chi connectivity index (χ4v) is 4.39. The van der Waals surface area contributed by atoms with E-state index in [0.29, 0.717) is 23.4 Å². The van der Waals surface area contributed by atoms with Crippen LogP contribution in [0.15, 0.2) is 28.0 Å². The van der Waals surface area contributed by atoms with Crippen LogP contribution in [0.3, 0.4) is 0 Å². The second-order valence-corrected chi connectivity index (χ2v) is 7.23. The molecule has 3 rings (SSSR count). The van der Waals surface area contributed by atoms with E-state index in [1.165, 1.54) is 23.1 Å². The van der Waals surface area contributed by atoms with E-state index in [-0.39, 0.29) is 17.9 Å². The van der Waals surface area contributed by atoms with E-state index >= 15 is 0 Å². The molecule has 0 saturated heterocycles. The fraction of sp³-hybridized carbons (Fsp3) is 0.400. The third-order valence-corrected chi connectivity index (χ3v) is 5.46. The highest BCUT2D eigenvalue weighted by atomic mass is 32.2. The number of aromatic nitrogens is 2. The predicted molar refractivity (Wildman–Crippen MR) is 90.6 cm³/mol. The van der Waals surface area contributed by atoms with Crippen molar-refractivity contribution in [1.29, 1.82) is 0 Å². The number of hydrogen-bond donors (Lipinski definition) is 1. The Morgan fingerprint density at radius 3 is 3.00 bits per heavy atom. The Bertz CT molecular complexity index is 790. The zero-order valence-electron chi connectivity index (χ0n) is 12.1. The maximum Gasteiger partial charge on any atom is 0.263 e. The molecule has 2 aromatic rings. The molecule has 1 saturated carbocycles. The van der Waals surface area contributed by atoms with Crippen LogP contribution in [0.5, 0.6) is 0 Å². The summed E-state index contributed by atoms with van der Waals surface area (Å²) in [5.74, 6) is 0.692. The molecule has 0 aliphatic heterocycles. The topological polar surface area (TPSA) is 78.0 Å². The van der Waals surface area contributed by atoms with Crippen molar-refractivity contribution in [2.75, 3.05) is 5.75 Å². The van der Waals surface area contributed by atoms with Gasteiger partial charge in [-0.3, -0.25) is 14.2 Å². The Labute approximate surface area is 136 Å². The quantitative estimate of drug-likeness (QED) is 0.479. The number of amides is 1. The summed E-state index contributed by atoms with van der Waals surface area (Å²) in [6.07, 6.45) is 4.27. The van der Waals surface area contributed by atoms with E-state index < -0.39 is 0 Å². The monoisotopic (exact) mass is 335 g/mol. The number of fused-ring (bicyclic) bond motifs is 1. The average molecular weight is 335 g/mol. The van der Waals surface area contributed by atoms with Gasteiger partial charge in [-0.25, -0.2) is 4.98 Å². The van der Waals surface area contributed by atoms with Gasteiger partial charge in [0.15, 0.2) is 5.16 Å². The zero-order chi connectivity index (χ0) is 15.7. The first-order chi connectivity index (χ1) is 10.6. The van der Waals surface area contributed by atoms with E-state index in [1.807, 2.05) is 0 Å². The van der Waals surface area contributed by atoms with Gasteiger partial charge in [0.2, 0.25) is 5.91 Å². The number of carbonyl (C=O) groups excluding carboxylic acids is 1. The van der Waals surface area contributed by atoms with Gasteiger partial charge in [0.25, 0.3) is 5.56 Å². The minimum absolute atomic E-state index is 0.00498. The molecular weight excluding hydrogens is 318 g/mol. The molecule has 2 N–H and O–H groups in total. The normalized spacial score (nSPS) is 14.4. The average Bonchev–Trinajstić information content (AvgIpc) is 3.23. The first-order valence-electron chi connectivity index (χ1n) is 7.15. The lowest BCUT2D eigenvalue weighted by molar-refractivity contribution is -0.117. The number of thiophene rings is 1. The Hall–Kier alpha value is -1.60. The Kier molecular flexibility index (Phi) is 4.35. The third kappa shape index (κ3) is 2.96. The summed E-state index contributed by atoms with van der Waals surface area (Å²) >= 11 is 2.91. The van der Waals surface area contributed by atoms with Gasteiger partial charge in [-0.05, 0) is 29.7 Å². The Morgan fingerprint density at radius 1 is 1.59 bits per heavy atom. The van der Waals surface area contributed by atoms with Crippen molar-refractivity contribution in [2.24, 2.45) is 5.73 Å². The van der Waals surface area contributed by atoms with Gasteiger partial charge in [-0.1, -0.05) is 17.8 Å². The van der Waals surface area contributed by atoms with Crippen molar-refractivity contribution in [2.45, 2.75) is 36.9 Å². The van der Waals surface area contributed by atoms with Crippen LogP contribution < -0.4 is 11.3 Å². The van der Waals surface area contributed by atoms with E-state index in [0.717, 1.165) is 28.6 Å². The molecule has 2 aromatic heterocycles. The van der Waals surface area contributed by atoms with Gasteiger partial charge in [-0.2, -0.15) is 0 Å². The minimum atomic E-state index is -0.349. The maximum absolute atomic E-state index is 12.8. The highest BCUT2D eigenvalue weighted by Gasteiger charge is 2.28. The van der Waals surface area contributed by atoms with Crippen molar-refractivity contribution >= 4 is 39.2 Å². The summed E-state index contributed by atoms with van der Waals surface area (Å²) in [6, 6.07) is 0. The molecule has 0 radical (unpaired) electrons. The van der Waals surface area contributed by atoms with E-state index in [1.54, 1.807) is 10.6 Å². The molecular formula is C15H17N3O2S2. The lowest BCUT2D eigenvalue weighted by Crippen LogP contribution is -2.23. The molecule has 22 heavy (non-hydrogen) atoms. The standard InChI is InChI=1S/C15H17N3O2S2/c1-2-6-18-14(20)12-10(9-3-4-9)8-22-13(12)17-15(18)21-7-5-11(16)19/h2,8-9H,1,3-7H2,(H2,16,19). The van der Waals surface area contributed by atoms with Crippen LogP contribution in [0.25, 0.3) is 10.2 Å². The number of rotatable bonds is 7. The summed E-state index contributed by atoms with van der Waals surface area (Å²) in [6.45, 7) is 4.13. The molecule has 116 valence electrons. The number of nitrogens with zero attached hydrogens (tertiary/aromatic N) is 2. The molecule has 1 amide bonds. The molecule has 0 unspecified atom stereocenters. The molecule has 1 aliphatic carbocycles. The predicted octanol–water partition coefficient (Wildman–Crippen LogP) is 2.49. The van der Waals surface area contributed by atoms with E-state index in [4.69, 9.17) is 5.73 Å². The van der Waals surface area contributed by atoms with Crippen molar-refractivity contribution in [3.05, 3.63) is 34.0 Å². The van der Waals surface area contributed by atoms with E-state index in [2.05, 4.69) is 16.9 Å². The van der Waals surface area contributed by atoms with Gasteiger partial charge in [0.1, 0.15) is 4.83 Å². The van der Waals surface area contributed by atoms with Crippen LogP contribution >= 0.6 is 23.1 Å². The summed E-state index contributed by atoms with van der Waals surface area (Å²) in [4.78, 5) is 29.1. The fourth-order valence-electron chi connectivity index (χ4n) is 2.36. The molecule has 5 nitrogen and oxygen atoms in total. The highest BCUT2D eigenvalue weighted by molar-refractivity contribution is 7.99. The zero-order valence-corrected chi connectivity index (χ0v) is 13.7. The number of allylic oxidation sites excluding steroid dienone is 1. The molecule has 0 atom stereocenters. The molecule has 0 aromatic carbocycles. The summed E-state index contributed by atoms with van der Waals surface area (Å²) in [7, 11) is 0. The summed E-state index contributed by atoms with van der Waals surface area (Å²) in [5, 5.41) is 3.45. The van der Waals surface area contributed by atoms with Crippen LogP contribution in [0, 0.1) is 0 Å². The lowest BCUT2D eigenvalue weighted by atomic mass is 10.1. The maximum atomic E-state index is 12.8. The summed E-state index contributed by atoms with van der Waals surface area (Å²) < 4.78 is 1.64. The second kappa shape index (κ2) is 6.26. The molecule has 0 bridgehead atoms. The van der Waals surface area contributed by atoms with Gasteiger partial charge >= 0.3 is 0 Å². The first kappa shape index (κ1) is 15.3. The summed E-state index contributed by atoms with van der Waals surface area (Å²) in [5.41, 5.74) is 6.30. The largest absolute Gasteiger partial charge is 0.370 e. The SMILES string of the molecule is C=CCn1c(SCCC(N)=O)nc2scc(C3CC3)c2c1=O. The van der Waals surface area contributed by atoms with Crippen molar-refractivity contribution < 1.29 is 4.79 Å². The van der Waals surface area contributed by atoms with Crippen LogP contribution in [-0.4, -0.2) is 21.2 Å². The smallest absolute Gasteiger partial charge is 0.263 e. The van der Waals surface area contributed by atoms with Gasteiger partial charge in [0.05, 0.1) is 5.39 Å². The van der Waals surface area contributed by atoms with Crippen molar-refractivity contribution in [3.8, 4) is 0 Å². The third-order valence-electron chi connectivity index (χ3n) is 3.60. The number of nitrogens with two attached hydrogens (primary N) is 1. The van der Waals surface area contributed by atoms with E-state index in [9.17, 15) is 9.59 Å². The van der Waals surface area contributed by atoms with Gasteiger partial charge < -0.3 is 5.73 Å². The number of primary amides is 1.